The Balaban J connectivity index is 1.72. The molecule has 1 aromatic carbocycles. The molecule has 140 valence electrons. The molecule has 2 aromatic heterocycles. The lowest BCUT2D eigenvalue weighted by Gasteiger charge is -2.15. The van der Waals surface area contributed by atoms with Gasteiger partial charge < -0.3 is 4.90 Å². The van der Waals surface area contributed by atoms with Crippen LogP contribution in [0.4, 0.5) is 8.78 Å². The minimum Gasteiger partial charge on any atom is -0.338 e. The van der Waals surface area contributed by atoms with Crippen LogP contribution in [0.15, 0.2) is 34.6 Å². The third-order valence-electron chi connectivity index (χ3n) is 4.58. The Hall–Kier alpha value is -2.32. The van der Waals surface area contributed by atoms with Gasteiger partial charge in [-0.3, -0.25) is 9.59 Å². The van der Waals surface area contributed by atoms with E-state index in [1.807, 2.05) is 0 Å². The Morgan fingerprint density at radius 2 is 2.22 bits per heavy atom. The number of carbonyl (C=O) groups is 1. The number of carbonyl (C=O) groups excluding carboxylic acids is 1. The summed E-state index contributed by atoms with van der Waals surface area (Å²) in [6, 6.07) is 4.24. The monoisotopic (exact) mass is 409 g/mol. The van der Waals surface area contributed by atoms with Crippen molar-refractivity contribution in [2.45, 2.75) is 19.1 Å². The van der Waals surface area contributed by atoms with Crippen molar-refractivity contribution in [2.75, 3.05) is 13.1 Å². The molecule has 27 heavy (non-hydrogen) atoms. The number of rotatable bonds is 3. The topological polar surface area (TPSA) is 55.2 Å². The SMILES string of the molecule is O=C(Cn1ncc2scc(-c3ccc(F)c(Cl)c3)c2c1=O)N1CCC(F)C1. The van der Waals surface area contributed by atoms with Gasteiger partial charge in [-0.25, -0.2) is 13.5 Å². The summed E-state index contributed by atoms with van der Waals surface area (Å²) in [6.45, 7) is 0.142. The van der Waals surface area contributed by atoms with Crippen molar-refractivity contribution in [1.82, 2.24) is 14.7 Å². The van der Waals surface area contributed by atoms with Crippen LogP contribution in [0.2, 0.25) is 5.02 Å². The summed E-state index contributed by atoms with van der Waals surface area (Å²) in [5, 5.41) is 6.20. The van der Waals surface area contributed by atoms with Crippen molar-refractivity contribution in [1.29, 1.82) is 0 Å². The van der Waals surface area contributed by atoms with Crippen LogP contribution in [0.5, 0.6) is 0 Å². The second-order valence-electron chi connectivity index (χ2n) is 6.35. The van der Waals surface area contributed by atoms with Crippen LogP contribution in [-0.4, -0.2) is 39.8 Å². The zero-order chi connectivity index (χ0) is 19.1. The Morgan fingerprint density at radius 1 is 1.41 bits per heavy atom. The fraction of sp³-hybridized carbons (Fsp3) is 0.278. The Labute approximate surface area is 161 Å². The van der Waals surface area contributed by atoms with Crippen molar-refractivity contribution in [3.63, 3.8) is 0 Å². The number of benzene rings is 1. The van der Waals surface area contributed by atoms with Crippen molar-refractivity contribution >= 4 is 38.9 Å². The van der Waals surface area contributed by atoms with Gasteiger partial charge in [-0.1, -0.05) is 17.7 Å². The van der Waals surface area contributed by atoms with Gasteiger partial charge in [0.15, 0.2) is 0 Å². The first-order valence-corrected chi connectivity index (χ1v) is 9.54. The van der Waals surface area contributed by atoms with E-state index in [1.54, 1.807) is 11.4 Å². The average Bonchev–Trinajstić information content (AvgIpc) is 3.26. The van der Waals surface area contributed by atoms with Crippen LogP contribution in [0.25, 0.3) is 21.2 Å². The first kappa shape index (κ1) is 18.1. The molecule has 3 heterocycles. The van der Waals surface area contributed by atoms with Crippen LogP contribution >= 0.6 is 22.9 Å². The molecular weight excluding hydrogens is 396 g/mol. The number of nitrogens with zero attached hydrogens (tertiary/aromatic N) is 3. The number of hydrogen-bond donors (Lipinski definition) is 0. The normalized spacial score (nSPS) is 17.0. The standard InChI is InChI=1S/C18H14ClF2N3O2S/c19-13-5-10(1-2-14(13)21)12-9-27-15-6-22-24(18(26)17(12)15)8-16(25)23-4-3-11(20)7-23/h1-2,5-6,9,11H,3-4,7-8H2. The van der Waals surface area contributed by atoms with E-state index >= 15 is 0 Å². The molecule has 1 saturated heterocycles. The molecule has 0 spiro atoms. The first-order chi connectivity index (χ1) is 12.9. The fourth-order valence-corrected chi connectivity index (χ4v) is 4.26. The molecule has 1 fully saturated rings. The van der Waals surface area contributed by atoms with Gasteiger partial charge in [-0.2, -0.15) is 5.10 Å². The number of alkyl halides is 1. The number of halogens is 3. The maximum absolute atomic E-state index is 13.4. The molecule has 5 nitrogen and oxygen atoms in total. The zero-order valence-corrected chi connectivity index (χ0v) is 15.6. The summed E-state index contributed by atoms with van der Waals surface area (Å²) < 4.78 is 28.5. The van der Waals surface area contributed by atoms with E-state index in [-0.39, 0.29) is 24.0 Å². The quantitative estimate of drug-likeness (QED) is 0.665. The van der Waals surface area contributed by atoms with E-state index in [0.29, 0.717) is 34.2 Å². The molecule has 9 heteroatoms. The highest BCUT2D eigenvalue weighted by Crippen LogP contribution is 2.33. The molecule has 0 aliphatic carbocycles. The van der Waals surface area contributed by atoms with Gasteiger partial charge in [-0.15, -0.1) is 11.3 Å². The lowest BCUT2D eigenvalue weighted by atomic mass is 10.1. The highest BCUT2D eigenvalue weighted by molar-refractivity contribution is 7.17. The summed E-state index contributed by atoms with van der Waals surface area (Å²) in [5.74, 6) is -0.882. The van der Waals surface area contributed by atoms with E-state index in [9.17, 15) is 18.4 Å². The van der Waals surface area contributed by atoms with Crippen LogP contribution < -0.4 is 5.56 Å². The molecule has 0 bridgehead atoms. The van der Waals surface area contributed by atoms with Crippen molar-refractivity contribution in [2.24, 2.45) is 0 Å². The number of amides is 1. The minimum atomic E-state index is -1.02. The summed E-state index contributed by atoms with van der Waals surface area (Å²) in [7, 11) is 0. The van der Waals surface area contributed by atoms with Crippen LogP contribution in [0.1, 0.15) is 6.42 Å². The second-order valence-corrected chi connectivity index (χ2v) is 7.67. The number of aromatic nitrogens is 2. The molecule has 1 aliphatic rings. The third kappa shape index (κ3) is 3.35. The number of thiophene rings is 1. The maximum Gasteiger partial charge on any atom is 0.276 e. The molecule has 1 atom stereocenters. The fourth-order valence-electron chi connectivity index (χ4n) is 3.15. The Bertz CT molecular complexity index is 1100. The molecule has 4 rings (SSSR count). The van der Waals surface area contributed by atoms with E-state index in [0.717, 1.165) is 4.68 Å². The lowest BCUT2D eigenvalue weighted by Crippen LogP contribution is -2.36. The summed E-state index contributed by atoms with van der Waals surface area (Å²) in [4.78, 5) is 26.6. The number of fused-ring (bicyclic) bond motifs is 1. The second kappa shape index (κ2) is 7.01. The molecule has 3 aromatic rings. The summed E-state index contributed by atoms with van der Waals surface area (Å²) >= 11 is 7.19. The first-order valence-electron chi connectivity index (χ1n) is 8.28. The predicted molar refractivity (Wildman–Crippen MR) is 100 cm³/mol. The maximum atomic E-state index is 13.4. The van der Waals surface area contributed by atoms with E-state index in [1.165, 1.54) is 34.6 Å². The molecule has 0 radical (unpaired) electrons. The summed E-state index contributed by atoms with van der Waals surface area (Å²) in [5.41, 5.74) is 0.790. The van der Waals surface area contributed by atoms with Gasteiger partial charge in [-0.05, 0) is 24.1 Å². The molecule has 0 N–H and O–H groups in total. The van der Waals surface area contributed by atoms with Crippen LogP contribution in [0.3, 0.4) is 0 Å². The minimum absolute atomic E-state index is 0.0359. The highest BCUT2D eigenvalue weighted by Gasteiger charge is 2.26. The number of hydrogen-bond acceptors (Lipinski definition) is 4. The van der Waals surface area contributed by atoms with Gasteiger partial charge >= 0.3 is 0 Å². The average molecular weight is 410 g/mol. The van der Waals surface area contributed by atoms with Crippen molar-refractivity contribution in [3.8, 4) is 11.1 Å². The molecule has 0 saturated carbocycles. The van der Waals surface area contributed by atoms with Crippen molar-refractivity contribution < 1.29 is 13.6 Å². The largest absolute Gasteiger partial charge is 0.338 e. The number of likely N-dealkylation sites (tertiary alicyclic amines) is 1. The lowest BCUT2D eigenvalue weighted by molar-refractivity contribution is -0.131. The molecule has 1 aliphatic heterocycles. The van der Waals surface area contributed by atoms with E-state index in [4.69, 9.17) is 11.6 Å². The van der Waals surface area contributed by atoms with Gasteiger partial charge in [0.2, 0.25) is 5.91 Å². The van der Waals surface area contributed by atoms with Gasteiger partial charge in [0, 0.05) is 17.5 Å². The Morgan fingerprint density at radius 3 is 2.93 bits per heavy atom. The van der Waals surface area contributed by atoms with Gasteiger partial charge in [0.05, 0.1) is 27.9 Å². The zero-order valence-electron chi connectivity index (χ0n) is 14.0. The van der Waals surface area contributed by atoms with E-state index < -0.39 is 17.5 Å². The third-order valence-corrected chi connectivity index (χ3v) is 5.79. The van der Waals surface area contributed by atoms with Crippen LogP contribution in [-0.2, 0) is 11.3 Å². The van der Waals surface area contributed by atoms with E-state index in [2.05, 4.69) is 5.10 Å². The highest BCUT2D eigenvalue weighted by atomic mass is 35.5. The van der Waals surface area contributed by atoms with Gasteiger partial charge in [0.1, 0.15) is 18.5 Å². The molecule has 1 amide bonds. The Kier molecular flexibility index (Phi) is 4.69. The van der Waals surface area contributed by atoms with Crippen molar-refractivity contribution in [3.05, 3.63) is 51.0 Å². The molecule has 1 unspecified atom stereocenters. The molecular formula is C18H14ClF2N3O2S. The van der Waals surface area contributed by atoms with Gasteiger partial charge in [0.25, 0.3) is 5.56 Å². The smallest absolute Gasteiger partial charge is 0.276 e. The predicted octanol–water partition coefficient (Wildman–Crippen LogP) is 3.49. The van der Waals surface area contributed by atoms with Crippen LogP contribution in [0, 0.1) is 5.82 Å². The summed E-state index contributed by atoms with van der Waals surface area (Å²) in [6.07, 6.45) is 0.811.